The Bertz CT molecular complexity index is 310. The minimum Gasteiger partial charge on any atom is -0.323 e. The van der Waals surface area contributed by atoms with Crippen molar-refractivity contribution < 1.29 is 0 Å². The smallest absolute Gasteiger partial charge is 0.0424 e. The molecular weight excluding hydrogens is 196 g/mol. The monoisotopic (exact) mass is 218 g/mol. The summed E-state index contributed by atoms with van der Waals surface area (Å²) in [6.45, 7) is 4.50. The highest BCUT2D eigenvalue weighted by Crippen LogP contribution is 2.22. The van der Waals surface area contributed by atoms with Crippen LogP contribution in [-0.4, -0.2) is 24.0 Å². The lowest BCUT2D eigenvalue weighted by molar-refractivity contribution is 0.234. The standard InChI is InChI=1S/C14H22N2/c1-2-13-9-6-10-16(13)11-14(15)12-7-4-3-5-8-12/h3-5,7-8,13-14H,2,6,9-11,15H2,1H3/t13-,14-/m1/s1. The van der Waals surface area contributed by atoms with Crippen LogP contribution < -0.4 is 5.73 Å². The largest absolute Gasteiger partial charge is 0.323 e. The summed E-state index contributed by atoms with van der Waals surface area (Å²) in [5.74, 6) is 0. The normalized spacial score (nSPS) is 23.5. The molecule has 2 nitrogen and oxygen atoms in total. The van der Waals surface area contributed by atoms with Gasteiger partial charge < -0.3 is 5.73 Å². The molecule has 16 heavy (non-hydrogen) atoms. The van der Waals surface area contributed by atoms with Crippen LogP contribution in [-0.2, 0) is 0 Å². The molecule has 1 aromatic carbocycles. The number of hydrogen-bond donors (Lipinski definition) is 1. The lowest BCUT2D eigenvalue weighted by atomic mass is 10.1. The Hall–Kier alpha value is -0.860. The van der Waals surface area contributed by atoms with Gasteiger partial charge in [-0.05, 0) is 31.4 Å². The fourth-order valence-corrected chi connectivity index (χ4v) is 2.66. The zero-order valence-corrected chi connectivity index (χ0v) is 10.1. The van der Waals surface area contributed by atoms with Crippen LogP contribution in [0.3, 0.4) is 0 Å². The first kappa shape index (κ1) is 11.6. The Kier molecular flexibility index (Phi) is 3.97. The Balaban J connectivity index is 1.94. The van der Waals surface area contributed by atoms with Crippen LogP contribution in [0.15, 0.2) is 30.3 Å². The summed E-state index contributed by atoms with van der Waals surface area (Å²) in [7, 11) is 0. The zero-order valence-electron chi connectivity index (χ0n) is 10.1. The summed E-state index contributed by atoms with van der Waals surface area (Å²) in [6, 6.07) is 11.3. The Morgan fingerprint density at radius 2 is 2.12 bits per heavy atom. The molecular formula is C14H22N2. The number of nitrogens with zero attached hydrogens (tertiary/aromatic N) is 1. The van der Waals surface area contributed by atoms with E-state index in [9.17, 15) is 0 Å². The van der Waals surface area contributed by atoms with Gasteiger partial charge in [-0.25, -0.2) is 0 Å². The maximum atomic E-state index is 6.25. The van der Waals surface area contributed by atoms with E-state index in [1.807, 2.05) is 6.07 Å². The van der Waals surface area contributed by atoms with E-state index in [1.54, 1.807) is 0 Å². The van der Waals surface area contributed by atoms with E-state index in [2.05, 4.69) is 36.1 Å². The molecule has 0 aromatic heterocycles. The molecule has 0 bridgehead atoms. The highest BCUT2D eigenvalue weighted by atomic mass is 15.2. The van der Waals surface area contributed by atoms with Crippen molar-refractivity contribution in [2.24, 2.45) is 5.73 Å². The second-order valence-electron chi connectivity index (χ2n) is 4.72. The fraction of sp³-hybridized carbons (Fsp3) is 0.571. The number of nitrogens with two attached hydrogens (primary N) is 1. The molecule has 88 valence electrons. The molecule has 0 spiro atoms. The molecule has 0 radical (unpaired) electrons. The average Bonchev–Trinajstić information content (AvgIpc) is 2.77. The summed E-state index contributed by atoms with van der Waals surface area (Å²) in [6.07, 6.45) is 3.93. The fourth-order valence-electron chi connectivity index (χ4n) is 2.66. The molecule has 0 aliphatic carbocycles. The first-order valence-electron chi connectivity index (χ1n) is 6.36. The van der Waals surface area contributed by atoms with Gasteiger partial charge in [0.15, 0.2) is 0 Å². The van der Waals surface area contributed by atoms with Gasteiger partial charge in [-0.1, -0.05) is 37.3 Å². The van der Waals surface area contributed by atoms with Crippen molar-refractivity contribution in [2.45, 2.75) is 38.3 Å². The summed E-state index contributed by atoms with van der Waals surface area (Å²) >= 11 is 0. The van der Waals surface area contributed by atoms with Crippen molar-refractivity contribution in [1.82, 2.24) is 4.90 Å². The van der Waals surface area contributed by atoms with Gasteiger partial charge in [0.2, 0.25) is 0 Å². The van der Waals surface area contributed by atoms with Crippen LogP contribution in [0.1, 0.15) is 37.8 Å². The summed E-state index contributed by atoms with van der Waals surface area (Å²) in [5.41, 5.74) is 7.50. The highest BCUT2D eigenvalue weighted by Gasteiger charge is 2.24. The number of rotatable bonds is 4. The van der Waals surface area contributed by atoms with Crippen molar-refractivity contribution in [3.8, 4) is 0 Å². The molecule has 0 unspecified atom stereocenters. The first-order valence-corrected chi connectivity index (χ1v) is 6.36. The lowest BCUT2D eigenvalue weighted by Crippen LogP contribution is -2.35. The Morgan fingerprint density at radius 3 is 2.81 bits per heavy atom. The predicted octanol–water partition coefficient (Wildman–Crippen LogP) is 2.56. The molecule has 2 N–H and O–H groups in total. The Labute approximate surface area is 98.4 Å². The zero-order chi connectivity index (χ0) is 11.4. The second-order valence-corrected chi connectivity index (χ2v) is 4.72. The third kappa shape index (κ3) is 2.63. The number of hydrogen-bond acceptors (Lipinski definition) is 2. The molecule has 1 fully saturated rings. The van der Waals surface area contributed by atoms with E-state index in [0.29, 0.717) is 0 Å². The quantitative estimate of drug-likeness (QED) is 0.841. The van der Waals surface area contributed by atoms with E-state index in [4.69, 9.17) is 5.73 Å². The van der Waals surface area contributed by atoms with Crippen LogP contribution >= 0.6 is 0 Å². The van der Waals surface area contributed by atoms with Crippen molar-refractivity contribution >= 4 is 0 Å². The SMILES string of the molecule is CC[C@@H]1CCCN1C[C@@H](N)c1ccccc1. The minimum atomic E-state index is 0.161. The van der Waals surface area contributed by atoms with E-state index >= 15 is 0 Å². The van der Waals surface area contributed by atoms with Gasteiger partial charge in [0.05, 0.1) is 0 Å². The maximum absolute atomic E-state index is 6.25. The molecule has 1 heterocycles. The van der Waals surface area contributed by atoms with Gasteiger partial charge in [0.25, 0.3) is 0 Å². The van der Waals surface area contributed by atoms with Gasteiger partial charge in [0, 0.05) is 18.6 Å². The molecule has 2 heteroatoms. The van der Waals surface area contributed by atoms with Crippen LogP contribution in [0.2, 0.25) is 0 Å². The minimum absolute atomic E-state index is 0.161. The van der Waals surface area contributed by atoms with E-state index in [1.165, 1.54) is 31.4 Å². The first-order chi connectivity index (χ1) is 7.81. The van der Waals surface area contributed by atoms with E-state index < -0.39 is 0 Å². The van der Waals surface area contributed by atoms with Crippen LogP contribution in [0.25, 0.3) is 0 Å². The molecule has 0 amide bonds. The van der Waals surface area contributed by atoms with E-state index in [0.717, 1.165) is 12.6 Å². The summed E-state index contributed by atoms with van der Waals surface area (Å²) in [4.78, 5) is 2.55. The molecule has 0 saturated carbocycles. The van der Waals surface area contributed by atoms with Gasteiger partial charge in [-0.3, -0.25) is 4.90 Å². The predicted molar refractivity (Wildman–Crippen MR) is 68.3 cm³/mol. The molecule has 2 atom stereocenters. The van der Waals surface area contributed by atoms with Crippen molar-refractivity contribution in [1.29, 1.82) is 0 Å². The molecule has 2 rings (SSSR count). The van der Waals surface area contributed by atoms with Crippen LogP contribution in [0.5, 0.6) is 0 Å². The number of benzene rings is 1. The Morgan fingerprint density at radius 1 is 1.38 bits per heavy atom. The van der Waals surface area contributed by atoms with Crippen LogP contribution in [0, 0.1) is 0 Å². The summed E-state index contributed by atoms with van der Waals surface area (Å²) < 4.78 is 0. The van der Waals surface area contributed by atoms with Gasteiger partial charge in [-0.15, -0.1) is 0 Å². The maximum Gasteiger partial charge on any atom is 0.0424 e. The second kappa shape index (κ2) is 5.46. The van der Waals surface area contributed by atoms with Crippen molar-refractivity contribution in [3.05, 3.63) is 35.9 Å². The molecule has 1 aromatic rings. The van der Waals surface area contributed by atoms with Crippen molar-refractivity contribution in [3.63, 3.8) is 0 Å². The lowest BCUT2D eigenvalue weighted by Gasteiger charge is -2.26. The molecule has 1 aliphatic heterocycles. The van der Waals surface area contributed by atoms with Gasteiger partial charge >= 0.3 is 0 Å². The molecule has 1 saturated heterocycles. The van der Waals surface area contributed by atoms with Gasteiger partial charge in [0.1, 0.15) is 0 Å². The van der Waals surface area contributed by atoms with Crippen molar-refractivity contribution in [2.75, 3.05) is 13.1 Å². The third-order valence-electron chi connectivity index (χ3n) is 3.63. The van der Waals surface area contributed by atoms with Crippen LogP contribution in [0.4, 0.5) is 0 Å². The van der Waals surface area contributed by atoms with E-state index in [-0.39, 0.29) is 6.04 Å². The summed E-state index contributed by atoms with van der Waals surface area (Å²) in [5, 5.41) is 0. The number of likely N-dealkylation sites (tertiary alicyclic amines) is 1. The van der Waals surface area contributed by atoms with Gasteiger partial charge in [-0.2, -0.15) is 0 Å². The third-order valence-corrected chi connectivity index (χ3v) is 3.63. The molecule has 1 aliphatic rings. The topological polar surface area (TPSA) is 29.3 Å². The average molecular weight is 218 g/mol. The highest BCUT2D eigenvalue weighted by molar-refractivity contribution is 5.18.